The van der Waals surface area contributed by atoms with E-state index >= 15 is 0 Å². The summed E-state index contributed by atoms with van der Waals surface area (Å²) in [5.74, 6) is -2.24. The molecule has 1 aliphatic rings. The van der Waals surface area contributed by atoms with Crippen LogP contribution in [0.1, 0.15) is 26.3 Å². The van der Waals surface area contributed by atoms with Crippen LogP contribution in [0.5, 0.6) is 11.5 Å². The molecule has 1 fully saturated rings. The Hall–Kier alpha value is -3.98. The number of carbonyl (C=O) groups is 2. The summed E-state index contributed by atoms with van der Waals surface area (Å²) < 4.78 is 31.9. The molecule has 1 saturated heterocycles. The van der Waals surface area contributed by atoms with Crippen LogP contribution in [0.3, 0.4) is 0 Å². The van der Waals surface area contributed by atoms with E-state index in [1.807, 2.05) is 24.3 Å². The van der Waals surface area contributed by atoms with Crippen molar-refractivity contribution in [2.45, 2.75) is 6.42 Å². The van der Waals surface area contributed by atoms with Crippen LogP contribution in [-0.4, -0.2) is 66.6 Å². The van der Waals surface area contributed by atoms with Gasteiger partial charge in [0.15, 0.2) is 0 Å². The van der Waals surface area contributed by atoms with Gasteiger partial charge >= 0.3 is 0 Å². The van der Waals surface area contributed by atoms with Crippen molar-refractivity contribution < 1.29 is 28.2 Å². The number of aromatic hydroxyl groups is 1. The molecule has 7 nitrogen and oxygen atoms in total. The third-order valence-corrected chi connectivity index (χ3v) is 6.15. The van der Waals surface area contributed by atoms with Crippen molar-refractivity contribution in [2.24, 2.45) is 0 Å². The number of ether oxygens (including phenoxy) is 1. The Morgan fingerprint density at radius 1 is 0.944 bits per heavy atom. The number of nitrogens with zero attached hydrogens (tertiary/aromatic N) is 2. The molecule has 0 unspecified atom stereocenters. The average Bonchev–Trinajstić information content (AvgIpc) is 2.87. The van der Waals surface area contributed by atoms with Crippen molar-refractivity contribution >= 4 is 17.5 Å². The Balaban J connectivity index is 1.30. The zero-order valence-corrected chi connectivity index (χ0v) is 19.8. The number of halogens is 2. The van der Waals surface area contributed by atoms with E-state index in [1.165, 1.54) is 23.8 Å². The minimum atomic E-state index is -0.871. The molecule has 3 aromatic rings. The standard InChI is InChI=1S/C27H27F2N3O4/c1-36-23-5-2-18(3-6-23)8-9-31-10-12-32(13-11-31)27(35)24-7-4-22(17-25(24)33)30-26(34)19-14-20(28)16-21(29)15-19/h2-7,14-17,33H,8-13H2,1H3,(H,30,34). The number of piperazine rings is 1. The topological polar surface area (TPSA) is 82.1 Å². The lowest BCUT2D eigenvalue weighted by Gasteiger charge is -2.35. The fourth-order valence-electron chi connectivity index (χ4n) is 4.10. The normalized spacial score (nSPS) is 13.9. The number of benzene rings is 3. The number of methoxy groups -OCH3 is 1. The van der Waals surface area contributed by atoms with Gasteiger partial charge in [-0.25, -0.2) is 8.78 Å². The first kappa shape index (κ1) is 25.1. The zero-order chi connectivity index (χ0) is 25.7. The first-order valence-corrected chi connectivity index (χ1v) is 11.6. The molecule has 1 aliphatic heterocycles. The van der Waals surface area contributed by atoms with Crippen molar-refractivity contribution in [1.82, 2.24) is 9.80 Å². The molecular weight excluding hydrogens is 468 g/mol. The number of phenolic OH excluding ortho intramolecular Hbond substituents is 1. The van der Waals surface area contributed by atoms with E-state index in [1.54, 1.807) is 12.0 Å². The predicted molar refractivity (Wildman–Crippen MR) is 131 cm³/mol. The summed E-state index contributed by atoms with van der Waals surface area (Å²) in [6, 6.07) is 14.6. The largest absolute Gasteiger partial charge is 0.507 e. The SMILES string of the molecule is COc1ccc(CCN2CCN(C(=O)c3ccc(NC(=O)c4cc(F)cc(F)c4)cc3O)CC2)cc1. The number of phenols is 1. The Morgan fingerprint density at radius 2 is 1.61 bits per heavy atom. The van der Waals surface area contributed by atoms with Crippen LogP contribution in [0, 0.1) is 11.6 Å². The van der Waals surface area contributed by atoms with E-state index in [9.17, 15) is 23.5 Å². The Labute approximate surface area is 207 Å². The van der Waals surface area contributed by atoms with Gasteiger partial charge in [0.1, 0.15) is 23.1 Å². The first-order valence-electron chi connectivity index (χ1n) is 11.6. The maximum atomic E-state index is 13.4. The molecule has 36 heavy (non-hydrogen) atoms. The Bertz CT molecular complexity index is 1220. The number of anilines is 1. The Morgan fingerprint density at radius 3 is 2.22 bits per heavy atom. The fourth-order valence-corrected chi connectivity index (χ4v) is 4.10. The fraction of sp³-hybridized carbons (Fsp3) is 0.259. The monoisotopic (exact) mass is 495 g/mol. The van der Waals surface area contributed by atoms with Gasteiger partial charge in [-0.05, 0) is 48.4 Å². The summed E-state index contributed by atoms with van der Waals surface area (Å²) in [5.41, 5.74) is 1.34. The van der Waals surface area contributed by atoms with Gasteiger partial charge in [0.2, 0.25) is 0 Å². The lowest BCUT2D eigenvalue weighted by Crippen LogP contribution is -2.49. The van der Waals surface area contributed by atoms with E-state index in [0.717, 1.165) is 43.9 Å². The predicted octanol–water partition coefficient (Wildman–Crippen LogP) is 3.93. The summed E-state index contributed by atoms with van der Waals surface area (Å²) in [6.45, 7) is 3.39. The minimum Gasteiger partial charge on any atom is -0.507 e. The molecule has 0 atom stereocenters. The molecule has 3 aromatic carbocycles. The third-order valence-electron chi connectivity index (χ3n) is 6.15. The average molecular weight is 496 g/mol. The first-order chi connectivity index (χ1) is 17.3. The lowest BCUT2D eigenvalue weighted by molar-refractivity contribution is 0.0635. The highest BCUT2D eigenvalue weighted by atomic mass is 19.1. The molecule has 0 bridgehead atoms. The van der Waals surface area contributed by atoms with E-state index < -0.39 is 17.5 Å². The van der Waals surface area contributed by atoms with Gasteiger partial charge in [-0.2, -0.15) is 0 Å². The minimum absolute atomic E-state index is 0.122. The van der Waals surface area contributed by atoms with Crippen molar-refractivity contribution in [3.05, 3.63) is 89.0 Å². The maximum Gasteiger partial charge on any atom is 0.257 e. The van der Waals surface area contributed by atoms with E-state index in [-0.39, 0.29) is 28.5 Å². The number of hydrogen-bond donors (Lipinski definition) is 2. The van der Waals surface area contributed by atoms with Crippen LogP contribution < -0.4 is 10.1 Å². The molecule has 2 amide bonds. The van der Waals surface area contributed by atoms with Crippen LogP contribution in [0.2, 0.25) is 0 Å². The molecule has 0 aromatic heterocycles. The van der Waals surface area contributed by atoms with Gasteiger partial charge in [-0.15, -0.1) is 0 Å². The third kappa shape index (κ3) is 6.17. The van der Waals surface area contributed by atoms with Crippen LogP contribution >= 0.6 is 0 Å². The van der Waals surface area contributed by atoms with Gasteiger partial charge in [0.25, 0.3) is 11.8 Å². The second-order valence-electron chi connectivity index (χ2n) is 8.58. The molecule has 0 spiro atoms. The van der Waals surface area contributed by atoms with Gasteiger partial charge in [-0.3, -0.25) is 14.5 Å². The van der Waals surface area contributed by atoms with Gasteiger partial charge in [-0.1, -0.05) is 12.1 Å². The smallest absolute Gasteiger partial charge is 0.257 e. The highest BCUT2D eigenvalue weighted by molar-refractivity contribution is 6.05. The molecule has 4 rings (SSSR count). The molecule has 188 valence electrons. The quantitative estimate of drug-likeness (QED) is 0.519. The Kier molecular flexibility index (Phi) is 7.80. The number of carbonyl (C=O) groups excluding carboxylic acids is 2. The molecular formula is C27H27F2N3O4. The molecule has 2 N–H and O–H groups in total. The van der Waals surface area contributed by atoms with Crippen molar-refractivity contribution in [2.75, 3.05) is 45.2 Å². The summed E-state index contributed by atoms with van der Waals surface area (Å²) >= 11 is 0. The van der Waals surface area contributed by atoms with Gasteiger partial charge in [0, 0.05) is 56.1 Å². The lowest BCUT2D eigenvalue weighted by atomic mass is 10.1. The number of hydrogen-bond acceptors (Lipinski definition) is 5. The number of nitrogens with one attached hydrogen (secondary N) is 1. The molecule has 0 saturated carbocycles. The number of amides is 2. The maximum absolute atomic E-state index is 13.4. The van der Waals surface area contributed by atoms with Crippen LogP contribution in [0.25, 0.3) is 0 Å². The van der Waals surface area contributed by atoms with Crippen molar-refractivity contribution in [1.29, 1.82) is 0 Å². The van der Waals surface area contributed by atoms with E-state index in [4.69, 9.17) is 4.74 Å². The summed E-state index contributed by atoms with van der Waals surface area (Å²) in [6.07, 6.45) is 0.897. The molecule has 1 heterocycles. The second-order valence-corrected chi connectivity index (χ2v) is 8.58. The zero-order valence-electron chi connectivity index (χ0n) is 19.8. The summed E-state index contributed by atoms with van der Waals surface area (Å²) in [5, 5.41) is 12.9. The van der Waals surface area contributed by atoms with Crippen molar-refractivity contribution in [3.63, 3.8) is 0 Å². The van der Waals surface area contributed by atoms with Crippen molar-refractivity contribution in [3.8, 4) is 11.5 Å². The molecule has 9 heteroatoms. The second kappa shape index (κ2) is 11.2. The summed E-state index contributed by atoms with van der Waals surface area (Å²) in [4.78, 5) is 29.2. The highest BCUT2D eigenvalue weighted by Gasteiger charge is 2.24. The summed E-state index contributed by atoms with van der Waals surface area (Å²) in [7, 11) is 1.64. The van der Waals surface area contributed by atoms with Gasteiger partial charge < -0.3 is 20.1 Å². The van der Waals surface area contributed by atoms with Crippen LogP contribution in [-0.2, 0) is 6.42 Å². The van der Waals surface area contributed by atoms with Crippen LogP contribution in [0.15, 0.2) is 60.7 Å². The highest BCUT2D eigenvalue weighted by Crippen LogP contribution is 2.25. The van der Waals surface area contributed by atoms with E-state index in [2.05, 4.69) is 10.2 Å². The van der Waals surface area contributed by atoms with Gasteiger partial charge in [0.05, 0.1) is 12.7 Å². The number of rotatable bonds is 7. The van der Waals surface area contributed by atoms with E-state index in [0.29, 0.717) is 19.2 Å². The molecule has 0 radical (unpaired) electrons. The van der Waals surface area contributed by atoms with Crippen LogP contribution in [0.4, 0.5) is 14.5 Å². The molecule has 0 aliphatic carbocycles.